The second kappa shape index (κ2) is 4.58. The molecule has 3 aromatic rings. The van der Waals surface area contributed by atoms with Gasteiger partial charge in [-0.3, -0.25) is 0 Å². The number of fused-ring (bicyclic) bond motifs is 1. The van der Waals surface area contributed by atoms with E-state index in [2.05, 4.69) is 14.7 Å². The third-order valence-corrected chi connectivity index (χ3v) is 3.86. The fourth-order valence-corrected chi connectivity index (χ4v) is 2.70. The fraction of sp³-hybridized carbons (Fsp3) is 0.400. The zero-order valence-corrected chi connectivity index (χ0v) is 11.9. The van der Waals surface area contributed by atoms with E-state index in [1.807, 2.05) is 25.1 Å². The van der Waals surface area contributed by atoms with Crippen molar-refractivity contribution in [2.45, 2.75) is 38.6 Å². The molecule has 0 amide bonds. The number of aryl methyl sites for hydroxylation is 3. The number of nitrogens with two attached hydrogens (primary N) is 1. The molecule has 108 valence electrons. The summed E-state index contributed by atoms with van der Waals surface area (Å²) in [6.07, 6.45) is 3.16. The van der Waals surface area contributed by atoms with Gasteiger partial charge in [0, 0.05) is 24.6 Å². The van der Waals surface area contributed by atoms with Crippen LogP contribution in [0.15, 0.2) is 22.7 Å². The molecule has 1 fully saturated rings. The van der Waals surface area contributed by atoms with E-state index >= 15 is 0 Å². The maximum absolute atomic E-state index is 5.86. The van der Waals surface area contributed by atoms with Crippen LogP contribution in [0.2, 0.25) is 0 Å². The lowest BCUT2D eigenvalue weighted by Gasteiger charge is -2.06. The summed E-state index contributed by atoms with van der Waals surface area (Å²) in [5.41, 5.74) is 8.71. The number of imidazole rings is 1. The molecule has 2 N–H and O–H groups in total. The standard InChI is InChI=1S/C15H17N5O/c1-9-17-14(21-19-9)6-7-20-13-5-4-11(16)8-12(13)18-15(20)10-2-3-10/h4-5,8,10H,2-3,6-7,16H2,1H3. The summed E-state index contributed by atoms with van der Waals surface area (Å²) < 4.78 is 7.46. The number of rotatable bonds is 4. The van der Waals surface area contributed by atoms with Gasteiger partial charge in [-0.15, -0.1) is 0 Å². The first-order valence-corrected chi connectivity index (χ1v) is 7.25. The summed E-state index contributed by atoms with van der Waals surface area (Å²) >= 11 is 0. The Morgan fingerprint density at radius 2 is 2.19 bits per heavy atom. The number of aromatic nitrogens is 4. The molecule has 1 aliphatic rings. The fourth-order valence-electron chi connectivity index (χ4n) is 2.70. The van der Waals surface area contributed by atoms with Crippen LogP contribution in [-0.4, -0.2) is 19.7 Å². The number of anilines is 1. The third kappa shape index (κ3) is 2.26. The highest BCUT2D eigenvalue weighted by molar-refractivity contribution is 5.79. The van der Waals surface area contributed by atoms with Crippen LogP contribution in [0.3, 0.4) is 0 Å². The Kier molecular flexibility index (Phi) is 2.70. The summed E-state index contributed by atoms with van der Waals surface area (Å²) in [5.74, 6) is 3.09. The largest absolute Gasteiger partial charge is 0.399 e. The Morgan fingerprint density at radius 3 is 2.90 bits per heavy atom. The highest BCUT2D eigenvalue weighted by Gasteiger charge is 2.29. The Morgan fingerprint density at radius 1 is 1.33 bits per heavy atom. The lowest BCUT2D eigenvalue weighted by atomic mass is 10.2. The minimum Gasteiger partial charge on any atom is -0.399 e. The van der Waals surface area contributed by atoms with Crippen molar-refractivity contribution in [2.75, 3.05) is 5.73 Å². The number of hydrogen-bond acceptors (Lipinski definition) is 5. The van der Waals surface area contributed by atoms with Crippen LogP contribution in [-0.2, 0) is 13.0 Å². The maximum atomic E-state index is 5.86. The van der Waals surface area contributed by atoms with Crippen molar-refractivity contribution in [3.05, 3.63) is 35.7 Å². The van der Waals surface area contributed by atoms with Crippen molar-refractivity contribution in [1.82, 2.24) is 19.7 Å². The van der Waals surface area contributed by atoms with Gasteiger partial charge in [0.25, 0.3) is 0 Å². The molecule has 1 aliphatic carbocycles. The van der Waals surface area contributed by atoms with Gasteiger partial charge in [-0.05, 0) is 38.0 Å². The van der Waals surface area contributed by atoms with E-state index in [0.717, 1.165) is 35.5 Å². The Bertz CT molecular complexity index is 800. The summed E-state index contributed by atoms with van der Waals surface area (Å²) in [7, 11) is 0. The molecule has 2 aromatic heterocycles. The van der Waals surface area contributed by atoms with Gasteiger partial charge < -0.3 is 14.8 Å². The van der Waals surface area contributed by atoms with Crippen LogP contribution in [0.5, 0.6) is 0 Å². The van der Waals surface area contributed by atoms with E-state index in [1.54, 1.807) is 0 Å². The summed E-state index contributed by atoms with van der Waals surface area (Å²) in [5, 5.41) is 3.83. The van der Waals surface area contributed by atoms with Gasteiger partial charge in [0.2, 0.25) is 5.89 Å². The summed E-state index contributed by atoms with van der Waals surface area (Å²) in [6, 6.07) is 5.91. The van der Waals surface area contributed by atoms with Gasteiger partial charge in [-0.1, -0.05) is 5.16 Å². The smallest absolute Gasteiger partial charge is 0.228 e. The van der Waals surface area contributed by atoms with Crippen LogP contribution in [0.25, 0.3) is 11.0 Å². The van der Waals surface area contributed by atoms with Gasteiger partial charge in [0.05, 0.1) is 11.0 Å². The van der Waals surface area contributed by atoms with Crippen molar-refractivity contribution in [3.63, 3.8) is 0 Å². The first kappa shape index (κ1) is 12.4. The molecule has 0 aliphatic heterocycles. The van der Waals surface area contributed by atoms with E-state index < -0.39 is 0 Å². The highest BCUT2D eigenvalue weighted by Crippen LogP contribution is 2.40. The molecule has 2 heterocycles. The zero-order valence-electron chi connectivity index (χ0n) is 11.9. The minimum atomic E-state index is 0.586. The van der Waals surface area contributed by atoms with Crippen LogP contribution >= 0.6 is 0 Å². The predicted molar refractivity (Wildman–Crippen MR) is 78.9 cm³/mol. The Labute approximate surface area is 122 Å². The number of nitrogen functional groups attached to an aromatic ring is 1. The Balaban J connectivity index is 1.70. The Hall–Kier alpha value is -2.37. The van der Waals surface area contributed by atoms with Gasteiger partial charge in [-0.2, -0.15) is 4.98 Å². The van der Waals surface area contributed by atoms with Crippen LogP contribution in [0, 0.1) is 6.92 Å². The molecule has 21 heavy (non-hydrogen) atoms. The van der Waals surface area contributed by atoms with Crippen LogP contribution in [0.1, 0.15) is 36.3 Å². The SMILES string of the molecule is Cc1noc(CCn2c(C3CC3)nc3cc(N)ccc32)n1. The molecule has 6 nitrogen and oxygen atoms in total. The van der Waals surface area contributed by atoms with Crippen molar-refractivity contribution in [3.8, 4) is 0 Å². The molecule has 6 heteroatoms. The number of hydrogen-bond donors (Lipinski definition) is 1. The van der Waals surface area contributed by atoms with Crippen LogP contribution in [0.4, 0.5) is 5.69 Å². The van der Waals surface area contributed by atoms with Crippen LogP contribution < -0.4 is 5.73 Å². The van der Waals surface area contributed by atoms with Gasteiger partial charge >= 0.3 is 0 Å². The third-order valence-electron chi connectivity index (χ3n) is 3.86. The van der Waals surface area contributed by atoms with Crippen molar-refractivity contribution < 1.29 is 4.52 Å². The number of benzene rings is 1. The summed E-state index contributed by atoms with van der Waals surface area (Å²) in [6.45, 7) is 2.63. The lowest BCUT2D eigenvalue weighted by Crippen LogP contribution is -2.05. The van der Waals surface area contributed by atoms with Crippen molar-refractivity contribution >= 4 is 16.7 Å². The van der Waals surface area contributed by atoms with E-state index in [4.69, 9.17) is 15.2 Å². The second-order valence-corrected chi connectivity index (χ2v) is 5.63. The molecular weight excluding hydrogens is 266 g/mol. The normalized spacial score (nSPS) is 14.9. The van der Waals surface area contributed by atoms with Gasteiger partial charge in [-0.25, -0.2) is 4.98 Å². The topological polar surface area (TPSA) is 82.8 Å². The molecule has 0 spiro atoms. The molecule has 0 unspecified atom stereocenters. The van der Waals surface area contributed by atoms with E-state index in [-0.39, 0.29) is 0 Å². The molecule has 0 radical (unpaired) electrons. The molecule has 0 atom stereocenters. The van der Waals surface area contributed by atoms with E-state index in [9.17, 15) is 0 Å². The zero-order chi connectivity index (χ0) is 14.4. The monoisotopic (exact) mass is 283 g/mol. The van der Waals surface area contributed by atoms with Gasteiger partial charge in [0.15, 0.2) is 5.82 Å². The maximum Gasteiger partial charge on any atom is 0.228 e. The van der Waals surface area contributed by atoms with Crippen molar-refractivity contribution in [2.24, 2.45) is 0 Å². The van der Waals surface area contributed by atoms with E-state index in [0.29, 0.717) is 17.6 Å². The summed E-state index contributed by atoms with van der Waals surface area (Å²) in [4.78, 5) is 9.03. The number of nitrogens with zero attached hydrogens (tertiary/aromatic N) is 4. The average Bonchev–Trinajstić information content (AvgIpc) is 3.13. The predicted octanol–water partition coefficient (Wildman–Crippen LogP) is 2.43. The molecule has 0 saturated heterocycles. The van der Waals surface area contributed by atoms with E-state index in [1.165, 1.54) is 12.8 Å². The van der Waals surface area contributed by atoms with Gasteiger partial charge in [0.1, 0.15) is 5.82 Å². The molecule has 1 aromatic carbocycles. The second-order valence-electron chi connectivity index (χ2n) is 5.63. The average molecular weight is 283 g/mol. The lowest BCUT2D eigenvalue weighted by molar-refractivity contribution is 0.368. The van der Waals surface area contributed by atoms with Crippen molar-refractivity contribution in [1.29, 1.82) is 0 Å². The molecule has 4 rings (SSSR count). The molecule has 1 saturated carbocycles. The highest BCUT2D eigenvalue weighted by atomic mass is 16.5. The minimum absolute atomic E-state index is 0.586. The quantitative estimate of drug-likeness (QED) is 0.743. The first-order valence-electron chi connectivity index (χ1n) is 7.25. The first-order chi connectivity index (χ1) is 10.2. The molecular formula is C15H17N5O. The molecule has 0 bridgehead atoms.